The molecule has 0 atom stereocenters. The number of halogens is 1. The van der Waals surface area contributed by atoms with E-state index >= 15 is 0 Å². The molecule has 0 fully saturated rings. The summed E-state index contributed by atoms with van der Waals surface area (Å²) in [7, 11) is 0. The molecule has 0 aromatic carbocycles. The highest BCUT2D eigenvalue weighted by molar-refractivity contribution is 7.17. The number of carboxylic acids is 1. The first-order valence-electron chi connectivity index (χ1n) is 3.82. The van der Waals surface area contributed by atoms with E-state index in [-0.39, 0.29) is 10.8 Å². The van der Waals surface area contributed by atoms with Crippen LogP contribution in [0.1, 0.15) is 15.4 Å². The number of nitrogens with zero attached hydrogens (tertiary/aromatic N) is 1. The molecule has 0 aliphatic rings. The lowest BCUT2D eigenvalue weighted by molar-refractivity contribution is 0.0701. The predicted molar refractivity (Wildman–Crippen MR) is 57.3 cm³/mol. The summed E-state index contributed by atoms with van der Waals surface area (Å²) in [5.41, 5.74) is 0.399. The molecular weight excluding hydrogens is 224 g/mol. The van der Waals surface area contributed by atoms with Gasteiger partial charge in [0.05, 0.1) is 11.6 Å². The SMILES string of the molecule is C=CCNc1nc(CCl)c(C(=O)O)s1. The van der Waals surface area contributed by atoms with Gasteiger partial charge in [0, 0.05) is 6.54 Å². The fourth-order valence-electron chi connectivity index (χ4n) is 0.844. The highest BCUT2D eigenvalue weighted by Gasteiger charge is 2.15. The van der Waals surface area contributed by atoms with Crippen molar-refractivity contribution in [2.45, 2.75) is 5.88 Å². The van der Waals surface area contributed by atoms with Crippen LogP contribution in [0.2, 0.25) is 0 Å². The molecular formula is C8H9ClN2O2S. The Morgan fingerprint density at radius 1 is 1.79 bits per heavy atom. The number of aromatic nitrogens is 1. The van der Waals surface area contributed by atoms with Crippen molar-refractivity contribution < 1.29 is 9.90 Å². The first-order valence-corrected chi connectivity index (χ1v) is 5.18. The second kappa shape index (κ2) is 4.97. The Bertz CT molecular complexity index is 351. The van der Waals surface area contributed by atoms with E-state index in [4.69, 9.17) is 16.7 Å². The molecule has 4 nitrogen and oxygen atoms in total. The van der Waals surface area contributed by atoms with Gasteiger partial charge in [-0.05, 0) is 0 Å². The summed E-state index contributed by atoms with van der Waals surface area (Å²) in [6, 6.07) is 0. The molecule has 0 radical (unpaired) electrons. The van der Waals surface area contributed by atoms with Crippen molar-refractivity contribution in [2.24, 2.45) is 0 Å². The molecule has 76 valence electrons. The van der Waals surface area contributed by atoms with Gasteiger partial charge >= 0.3 is 5.97 Å². The summed E-state index contributed by atoms with van der Waals surface area (Å²) in [6.07, 6.45) is 1.67. The molecule has 1 heterocycles. The molecule has 1 rings (SSSR count). The first kappa shape index (κ1) is 11.0. The second-order valence-corrected chi connectivity index (χ2v) is 3.67. The monoisotopic (exact) mass is 232 g/mol. The van der Waals surface area contributed by atoms with Gasteiger partial charge < -0.3 is 10.4 Å². The Kier molecular flexibility index (Phi) is 3.91. The molecule has 0 saturated carbocycles. The standard InChI is InChI=1S/C8H9ClN2O2S/c1-2-3-10-8-11-5(4-9)6(14-8)7(12)13/h2H,1,3-4H2,(H,10,11)(H,12,13). The fourth-order valence-corrected chi connectivity index (χ4v) is 1.94. The van der Waals surface area contributed by atoms with Gasteiger partial charge in [0.2, 0.25) is 0 Å². The molecule has 0 aliphatic carbocycles. The number of carboxylic acid groups (broad SMARTS) is 1. The van der Waals surface area contributed by atoms with Crippen molar-refractivity contribution in [1.82, 2.24) is 4.98 Å². The van der Waals surface area contributed by atoms with Crippen LogP contribution in [0.15, 0.2) is 12.7 Å². The Labute approximate surface area is 90.2 Å². The van der Waals surface area contributed by atoms with Crippen LogP contribution in [0.25, 0.3) is 0 Å². The summed E-state index contributed by atoms with van der Waals surface area (Å²) in [6.45, 7) is 4.08. The lowest BCUT2D eigenvalue weighted by Crippen LogP contribution is -1.97. The van der Waals surface area contributed by atoms with Crippen LogP contribution < -0.4 is 5.32 Å². The number of alkyl halides is 1. The number of aromatic carboxylic acids is 1. The van der Waals surface area contributed by atoms with Crippen molar-refractivity contribution in [3.05, 3.63) is 23.2 Å². The average molecular weight is 233 g/mol. The van der Waals surface area contributed by atoms with E-state index < -0.39 is 5.97 Å². The van der Waals surface area contributed by atoms with Crippen LogP contribution >= 0.6 is 22.9 Å². The average Bonchev–Trinajstić information content (AvgIpc) is 2.57. The zero-order valence-electron chi connectivity index (χ0n) is 7.29. The normalized spacial score (nSPS) is 9.79. The van der Waals surface area contributed by atoms with Crippen molar-refractivity contribution >= 4 is 34.0 Å². The third-order valence-electron chi connectivity index (χ3n) is 1.42. The number of hydrogen-bond acceptors (Lipinski definition) is 4. The van der Waals surface area contributed by atoms with Crippen molar-refractivity contribution in [2.75, 3.05) is 11.9 Å². The fraction of sp³-hybridized carbons (Fsp3) is 0.250. The van der Waals surface area contributed by atoms with E-state index in [0.717, 1.165) is 11.3 Å². The van der Waals surface area contributed by atoms with Crippen molar-refractivity contribution in [3.63, 3.8) is 0 Å². The minimum Gasteiger partial charge on any atom is -0.477 e. The predicted octanol–water partition coefficient (Wildman–Crippen LogP) is 2.18. The first-order chi connectivity index (χ1) is 6.69. The Morgan fingerprint density at radius 3 is 2.93 bits per heavy atom. The minimum atomic E-state index is -0.996. The van der Waals surface area contributed by atoms with Crippen LogP contribution in [-0.4, -0.2) is 22.6 Å². The highest BCUT2D eigenvalue weighted by atomic mass is 35.5. The molecule has 0 bridgehead atoms. The van der Waals surface area contributed by atoms with Gasteiger partial charge in [-0.25, -0.2) is 9.78 Å². The molecule has 6 heteroatoms. The second-order valence-electron chi connectivity index (χ2n) is 2.40. The zero-order chi connectivity index (χ0) is 10.6. The number of carbonyl (C=O) groups is 1. The maximum Gasteiger partial charge on any atom is 0.347 e. The van der Waals surface area contributed by atoms with Gasteiger partial charge in [-0.15, -0.1) is 18.2 Å². The van der Waals surface area contributed by atoms with Crippen LogP contribution in [0.4, 0.5) is 5.13 Å². The number of nitrogens with one attached hydrogen (secondary N) is 1. The summed E-state index contributed by atoms with van der Waals surface area (Å²) >= 11 is 6.63. The summed E-state index contributed by atoms with van der Waals surface area (Å²) < 4.78 is 0. The zero-order valence-corrected chi connectivity index (χ0v) is 8.86. The van der Waals surface area contributed by atoms with E-state index in [9.17, 15) is 4.79 Å². The molecule has 14 heavy (non-hydrogen) atoms. The van der Waals surface area contributed by atoms with Crippen molar-refractivity contribution in [3.8, 4) is 0 Å². The van der Waals surface area contributed by atoms with Crippen LogP contribution in [-0.2, 0) is 5.88 Å². The van der Waals surface area contributed by atoms with E-state index in [1.54, 1.807) is 6.08 Å². The molecule has 0 amide bonds. The molecule has 1 aromatic rings. The molecule has 2 N–H and O–H groups in total. The number of anilines is 1. The molecule has 0 saturated heterocycles. The Hall–Kier alpha value is -1.07. The molecule has 1 aromatic heterocycles. The summed E-state index contributed by atoms with van der Waals surface area (Å²) in [5, 5.41) is 12.3. The lowest BCUT2D eigenvalue weighted by Gasteiger charge is -1.93. The van der Waals surface area contributed by atoms with Crippen LogP contribution in [0.5, 0.6) is 0 Å². The maximum absolute atomic E-state index is 10.7. The van der Waals surface area contributed by atoms with Gasteiger partial charge in [0.15, 0.2) is 5.13 Å². The largest absolute Gasteiger partial charge is 0.477 e. The van der Waals surface area contributed by atoms with E-state index in [1.165, 1.54) is 0 Å². The van der Waals surface area contributed by atoms with Gasteiger partial charge in [-0.1, -0.05) is 17.4 Å². The number of rotatable bonds is 5. The van der Waals surface area contributed by atoms with Gasteiger partial charge in [0.25, 0.3) is 0 Å². The van der Waals surface area contributed by atoms with Gasteiger partial charge in [-0.3, -0.25) is 0 Å². The van der Waals surface area contributed by atoms with Gasteiger partial charge in [0.1, 0.15) is 4.88 Å². The van der Waals surface area contributed by atoms with Crippen LogP contribution in [0.3, 0.4) is 0 Å². The number of hydrogen-bond donors (Lipinski definition) is 2. The smallest absolute Gasteiger partial charge is 0.347 e. The summed E-state index contributed by atoms with van der Waals surface area (Å²) in [5.74, 6) is -0.890. The minimum absolute atomic E-state index is 0.105. The van der Waals surface area contributed by atoms with E-state index in [1.807, 2.05) is 0 Å². The lowest BCUT2D eigenvalue weighted by atomic mass is 10.4. The highest BCUT2D eigenvalue weighted by Crippen LogP contribution is 2.24. The van der Waals surface area contributed by atoms with Gasteiger partial charge in [-0.2, -0.15) is 0 Å². The molecule has 0 unspecified atom stereocenters. The Morgan fingerprint density at radius 2 is 2.50 bits per heavy atom. The van der Waals surface area contributed by atoms with E-state index in [2.05, 4.69) is 16.9 Å². The third kappa shape index (κ3) is 2.46. The Balaban J connectivity index is 2.88. The quantitative estimate of drug-likeness (QED) is 0.603. The topological polar surface area (TPSA) is 62.2 Å². The van der Waals surface area contributed by atoms with E-state index in [0.29, 0.717) is 17.4 Å². The third-order valence-corrected chi connectivity index (χ3v) is 2.71. The van der Waals surface area contributed by atoms with Crippen molar-refractivity contribution in [1.29, 1.82) is 0 Å². The van der Waals surface area contributed by atoms with Crippen LogP contribution in [0, 0.1) is 0 Å². The summed E-state index contributed by atoms with van der Waals surface area (Å²) in [4.78, 5) is 15.0. The molecule has 0 spiro atoms. The number of thiazole rings is 1. The maximum atomic E-state index is 10.7. The molecule has 0 aliphatic heterocycles.